The Balaban J connectivity index is 1.80. The van der Waals surface area contributed by atoms with E-state index in [2.05, 4.69) is 10.1 Å². The molecule has 0 unspecified atom stereocenters. The molecule has 1 aromatic heterocycles. The number of aryl methyl sites for hydroxylation is 3. The molecule has 7 heteroatoms. The number of rotatable bonds is 3. The van der Waals surface area contributed by atoms with Crippen molar-refractivity contribution in [2.45, 2.75) is 31.6 Å². The van der Waals surface area contributed by atoms with Crippen molar-refractivity contribution in [1.29, 1.82) is 0 Å². The van der Waals surface area contributed by atoms with Crippen LogP contribution in [0.15, 0.2) is 27.6 Å². The Labute approximate surface area is 123 Å². The van der Waals surface area contributed by atoms with E-state index >= 15 is 0 Å². The summed E-state index contributed by atoms with van der Waals surface area (Å²) < 4.78 is 31.8. The quantitative estimate of drug-likeness (QED) is 0.864. The molecule has 0 bridgehead atoms. The molecule has 21 heavy (non-hydrogen) atoms. The van der Waals surface area contributed by atoms with Crippen LogP contribution in [0.3, 0.4) is 0 Å². The molecule has 2 aromatic rings. The lowest BCUT2D eigenvalue weighted by atomic mass is 10.0. The first-order chi connectivity index (χ1) is 9.88. The lowest BCUT2D eigenvalue weighted by Crippen LogP contribution is -2.48. The summed E-state index contributed by atoms with van der Waals surface area (Å²) in [6, 6.07) is 5.46. The lowest BCUT2D eigenvalue weighted by molar-refractivity contribution is 0.216. The Morgan fingerprint density at radius 3 is 2.57 bits per heavy atom. The van der Waals surface area contributed by atoms with E-state index in [1.165, 1.54) is 4.31 Å². The van der Waals surface area contributed by atoms with Crippen LogP contribution in [0.1, 0.15) is 28.8 Å². The molecule has 1 saturated heterocycles. The number of nitrogens with zero attached hydrogens (tertiary/aromatic N) is 3. The Morgan fingerprint density at radius 2 is 1.95 bits per heavy atom. The number of sulfonamides is 1. The molecule has 2 heterocycles. The molecule has 6 nitrogen and oxygen atoms in total. The molecular formula is C14H17N3O3S. The summed E-state index contributed by atoms with van der Waals surface area (Å²) in [5, 5.41) is 3.74. The van der Waals surface area contributed by atoms with Gasteiger partial charge in [-0.25, -0.2) is 8.42 Å². The van der Waals surface area contributed by atoms with Crippen molar-refractivity contribution in [1.82, 2.24) is 14.4 Å². The zero-order chi connectivity index (χ0) is 15.2. The molecule has 0 amide bonds. The molecule has 0 atom stereocenters. The van der Waals surface area contributed by atoms with Crippen LogP contribution in [0.4, 0.5) is 0 Å². The second kappa shape index (κ2) is 4.92. The summed E-state index contributed by atoms with van der Waals surface area (Å²) in [6.45, 7) is 6.22. The van der Waals surface area contributed by atoms with Gasteiger partial charge in [0.25, 0.3) is 0 Å². The first-order valence-electron chi connectivity index (χ1n) is 6.75. The van der Waals surface area contributed by atoms with Crippen molar-refractivity contribution < 1.29 is 12.9 Å². The predicted molar refractivity (Wildman–Crippen MR) is 76.5 cm³/mol. The van der Waals surface area contributed by atoms with Gasteiger partial charge in [0.1, 0.15) is 0 Å². The fraction of sp³-hybridized carbons (Fsp3) is 0.429. The minimum Gasteiger partial charge on any atom is -0.339 e. The normalized spacial score (nSPS) is 16.9. The van der Waals surface area contributed by atoms with Crippen LogP contribution >= 0.6 is 0 Å². The first kappa shape index (κ1) is 14.2. The zero-order valence-electron chi connectivity index (χ0n) is 12.2. The summed E-state index contributed by atoms with van der Waals surface area (Å²) in [7, 11) is -3.45. The van der Waals surface area contributed by atoms with Crippen LogP contribution in [0, 0.1) is 20.8 Å². The third-order valence-electron chi connectivity index (χ3n) is 3.70. The van der Waals surface area contributed by atoms with Gasteiger partial charge in [0, 0.05) is 13.1 Å². The molecule has 1 aliphatic heterocycles. The average molecular weight is 307 g/mol. The first-order valence-corrected chi connectivity index (χ1v) is 8.19. The van der Waals surface area contributed by atoms with E-state index in [1.54, 1.807) is 13.0 Å². The van der Waals surface area contributed by atoms with E-state index in [-0.39, 0.29) is 5.92 Å². The summed E-state index contributed by atoms with van der Waals surface area (Å²) in [5.74, 6) is 1.08. The van der Waals surface area contributed by atoms with Gasteiger partial charge in [-0.1, -0.05) is 17.3 Å². The third kappa shape index (κ3) is 2.47. The van der Waals surface area contributed by atoms with Crippen LogP contribution in [0.25, 0.3) is 0 Å². The van der Waals surface area contributed by atoms with E-state index in [4.69, 9.17) is 4.52 Å². The predicted octanol–water partition coefficient (Wildman–Crippen LogP) is 1.78. The van der Waals surface area contributed by atoms with Crippen molar-refractivity contribution >= 4 is 10.0 Å². The van der Waals surface area contributed by atoms with Crippen LogP contribution < -0.4 is 0 Å². The highest BCUT2D eigenvalue weighted by atomic mass is 32.2. The van der Waals surface area contributed by atoms with E-state index < -0.39 is 10.0 Å². The maximum Gasteiger partial charge on any atom is 0.243 e. The summed E-state index contributed by atoms with van der Waals surface area (Å²) in [6.07, 6.45) is 0. The van der Waals surface area contributed by atoms with Crippen LogP contribution in [-0.2, 0) is 10.0 Å². The molecule has 0 saturated carbocycles. The molecule has 1 aliphatic rings. The third-order valence-corrected chi connectivity index (χ3v) is 5.68. The van der Waals surface area contributed by atoms with E-state index in [0.29, 0.717) is 29.7 Å². The summed E-state index contributed by atoms with van der Waals surface area (Å²) in [4.78, 5) is 4.53. The van der Waals surface area contributed by atoms with Gasteiger partial charge in [-0.05, 0) is 38.0 Å². The summed E-state index contributed by atoms with van der Waals surface area (Å²) in [5.41, 5.74) is 1.70. The van der Waals surface area contributed by atoms with Crippen molar-refractivity contribution in [3.63, 3.8) is 0 Å². The average Bonchev–Trinajstić information content (AvgIpc) is 2.76. The standard InChI is InChI=1S/C14H17N3O3S/c1-9-4-5-10(2)13(6-9)21(18,19)17-7-12(8-17)14-15-11(3)16-20-14/h4-6,12H,7-8H2,1-3H3. The van der Waals surface area contributed by atoms with Crippen molar-refractivity contribution in [2.75, 3.05) is 13.1 Å². The van der Waals surface area contributed by atoms with E-state index in [1.807, 2.05) is 26.0 Å². The Kier molecular flexibility index (Phi) is 3.33. The van der Waals surface area contributed by atoms with Gasteiger partial charge < -0.3 is 4.52 Å². The maximum atomic E-state index is 12.6. The summed E-state index contributed by atoms with van der Waals surface area (Å²) >= 11 is 0. The minimum atomic E-state index is -3.45. The van der Waals surface area contributed by atoms with Gasteiger partial charge in [0.2, 0.25) is 15.9 Å². The molecule has 0 radical (unpaired) electrons. The van der Waals surface area contributed by atoms with Crippen molar-refractivity contribution in [3.05, 3.63) is 41.0 Å². The Hall–Kier alpha value is -1.73. The van der Waals surface area contributed by atoms with Gasteiger partial charge in [0.15, 0.2) is 5.82 Å². The molecule has 0 spiro atoms. The van der Waals surface area contributed by atoms with Crippen LogP contribution in [-0.4, -0.2) is 36.0 Å². The van der Waals surface area contributed by atoms with Gasteiger partial charge in [0.05, 0.1) is 10.8 Å². The molecule has 112 valence electrons. The maximum absolute atomic E-state index is 12.6. The Morgan fingerprint density at radius 1 is 1.24 bits per heavy atom. The fourth-order valence-electron chi connectivity index (χ4n) is 2.39. The highest BCUT2D eigenvalue weighted by molar-refractivity contribution is 7.89. The number of hydrogen-bond donors (Lipinski definition) is 0. The lowest BCUT2D eigenvalue weighted by Gasteiger charge is -2.36. The molecule has 0 N–H and O–H groups in total. The van der Waals surface area contributed by atoms with E-state index in [9.17, 15) is 8.42 Å². The second-order valence-electron chi connectivity index (χ2n) is 5.47. The number of hydrogen-bond acceptors (Lipinski definition) is 5. The fourth-order valence-corrected chi connectivity index (χ4v) is 4.23. The van der Waals surface area contributed by atoms with Gasteiger partial charge >= 0.3 is 0 Å². The smallest absolute Gasteiger partial charge is 0.243 e. The SMILES string of the molecule is Cc1ccc(C)c(S(=O)(=O)N2CC(c3nc(C)no3)C2)c1. The number of aromatic nitrogens is 2. The van der Waals surface area contributed by atoms with Crippen molar-refractivity contribution in [3.8, 4) is 0 Å². The second-order valence-corrected chi connectivity index (χ2v) is 7.37. The number of benzene rings is 1. The van der Waals surface area contributed by atoms with Gasteiger partial charge in [-0.2, -0.15) is 9.29 Å². The van der Waals surface area contributed by atoms with E-state index in [0.717, 1.165) is 11.1 Å². The molecular weight excluding hydrogens is 290 g/mol. The molecule has 1 fully saturated rings. The van der Waals surface area contributed by atoms with Crippen LogP contribution in [0.5, 0.6) is 0 Å². The topological polar surface area (TPSA) is 76.3 Å². The van der Waals surface area contributed by atoms with Gasteiger partial charge in [-0.3, -0.25) is 0 Å². The largest absolute Gasteiger partial charge is 0.339 e. The van der Waals surface area contributed by atoms with Crippen molar-refractivity contribution in [2.24, 2.45) is 0 Å². The zero-order valence-corrected chi connectivity index (χ0v) is 13.0. The minimum absolute atomic E-state index is 0.00825. The highest BCUT2D eigenvalue weighted by Gasteiger charge is 2.40. The highest BCUT2D eigenvalue weighted by Crippen LogP contribution is 2.32. The van der Waals surface area contributed by atoms with Crippen LogP contribution in [0.2, 0.25) is 0 Å². The monoisotopic (exact) mass is 307 g/mol. The molecule has 3 rings (SSSR count). The molecule has 1 aromatic carbocycles. The molecule has 0 aliphatic carbocycles. The van der Waals surface area contributed by atoms with Gasteiger partial charge in [-0.15, -0.1) is 0 Å². The Bertz CT molecular complexity index is 777.